The Bertz CT molecular complexity index is 1060. The van der Waals surface area contributed by atoms with E-state index in [9.17, 15) is 14.4 Å². The van der Waals surface area contributed by atoms with E-state index >= 15 is 0 Å². The molecule has 2 fully saturated rings. The Hall–Kier alpha value is -3.39. The van der Waals surface area contributed by atoms with Gasteiger partial charge < -0.3 is 25.2 Å². The van der Waals surface area contributed by atoms with E-state index in [1.54, 1.807) is 0 Å². The molecule has 8 nitrogen and oxygen atoms in total. The zero-order valence-corrected chi connectivity index (χ0v) is 18.7. The zero-order valence-electron chi connectivity index (χ0n) is 18.7. The molecule has 0 bridgehead atoms. The van der Waals surface area contributed by atoms with Crippen LogP contribution in [0.4, 0.5) is 4.79 Å². The fourth-order valence-corrected chi connectivity index (χ4v) is 5.41. The normalized spacial score (nSPS) is 25.4. The molecule has 0 radical (unpaired) electrons. The van der Waals surface area contributed by atoms with Crippen LogP contribution in [0.5, 0.6) is 0 Å². The minimum atomic E-state index is -0.830. The third kappa shape index (κ3) is 4.37. The van der Waals surface area contributed by atoms with Gasteiger partial charge in [0.25, 0.3) is 5.91 Å². The van der Waals surface area contributed by atoms with Gasteiger partial charge in [-0.15, -0.1) is 0 Å². The van der Waals surface area contributed by atoms with Crippen LogP contribution < -0.4 is 10.6 Å². The highest BCUT2D eigenvalue weighted by Crippen LogP contribution is 2.44. The van der Waals surface area contributed by atoms with Crippen molar-refractivity contribution in [3.8, 4) is 11.1 Å². The van der Waals surface area contributed by atoms with Gasteiger partial charge in [-0.2, -0.15) is 0 Å². The Morgan fingerprint density at radius 3 is 2.26 bits per heavy atom. The molecule has 2 aromatic carbocycles. The molecule has 2 aromatic rings. The molecule has 1 saturated heterocycles. The van der Waals surface area contributed by atoms with Crippen molar-refractivity contribution in [1.82, 2.24) is 10.6 Å². The van der Waals surface area contributed by atoms with E-state index in [1.807, 2.05) is 24.3 Å². The van der Waals surface area contributed by atoms with Crippen molar-refractivity contribution in [1.29, 1.82) is 0 Å². The van der Waals surface area contributed by atoms with Crippen molar-refractivity contribution < 1.29 is 29.0 Å². The molecular formula is C26H28N2O6. The van der Waals surface area contributed by atoms with E-state index in [4.69, 9.17) is 14.6 Å². The number of alkyl carbamates (subject to hydrolysis) is 1. The van der Waals surface area contributed by atoms with Crippen molar-refractivity contribution in [2.45, 2.75) is 49.8 Å². The highest BCUT2D eigenvalue weighted by molar-refractivity contribution is 5.83. The van der Waals surface area contributed by atoms with E-state index in [0.29, 0.717) is 32.3 Å². The number of carboxylic acids is 1. The van der Waals surface area contributed by atoms with Crippen LogP contribution in [0.3, 0.4) is 0 Å². The van der Waals surface area contributed by atoms with Gasteiger partial charge in [-0.05, 0) is 47.9 Å². The lowest BCUT2D eigenvalue weighted by atomic mass is 9.98. The minimum absolute atomic E-state index is 0.0402. The van der Waals surface area contributed by atoms with Gasteiger partial charge in [-0.25, -0.2) is 4.79 Å². The van der Waals surface area contributed by atoms with Gasteiger partial charge in [-0.3, -0.25) is 9.59 Å². The summed E-state index contributed by atoms with van der Waals surface area (Å²) in [6, 6.07) is 15.6. The molecule has 2 aliphatic carbocycles. The maximum absolute atomic E-state index is 12.7. The molecule has 3 N–H and O–H groups in total. The maximum Gasteiger partial charge on any atom is 0.407 e. The summed E-state index contributed by atoms with van der Waals surface area (Å²) < 4.78 is 11.2. The van der Waals surface area contributed by atoms with Crippen molar-refractivity contribution in [2.24, 2.45) is 5.92 Å². The van der Waals surface area contributed by atoms with Crippen molar-refractivity contribution in [3.63, 3.8) is 0 Å². The van der Waals surface area contributed by atoms with Gasteiger partial charge in [0.2, 0.25) is 0 Å². The van der Waals surface area contributed by atoms with E-state index < -0.39 is 30.1 Å². The molecule has 4 atom stereocenters. The van der Waals surface area contributed by atoms with Gasteiger partial charge in [0.1, 0.15) is 6.61 Å². The minimum Gasteiger partial charge on any atom is -0.481 e. The average Bonchev–Trinajstić information content (AvgIpc) is 3.56. The number of rotatable bonds is 6. The summed E-state index contributed by atoms with van der Waals surface area (Å²) in [6.45, 7) is 0.553. The van der Waals surface area contributed by atoms with Crippen LogP contribution in [0.1, 0.15) is 42.7 Å². The number of benzene rings is 2. The molecule has 178 valence electrons. The molecular weight excluding hydrogens is 436 g/mol. The highest BCUT2D eigenvalue weighted by Gasteiger charge is 2.38. The van der Waals surface area contributed by atoms with Gasteiger partial charge in [-0.1, -0.05) is 48.5 Å². The number of hydrogen-bond donors (Lipinski definition) is 3. The first-order valence-electron chi connectivity index (χ1n) is 11.8. The summed E-state index contributed by atoms with van der Waals surface area (Å²) in [5.41, 5.74) is 4.58. The summed E-state index contributed by atoms with van der Waals surface area (Å²) >= 11 is 0. The Morgan fingerprint density at radius 2 is 1.62 bits per heavy atom. The first kappa shape index (κ1) is 22.4. The number of nitrogens with one attached hydrogen (secondary N) is 2. The summed E-state index contributed by atoms with van der Waals surface area (Å²) in [7, 11) is 0. The smallest absolute Gasteiger partial charge is 0.407 e. The molecule has 0 aromatic heterocycles. The van der Waals surface area contributed by atoms with Crippen LogP contribution in [0.2, 0.25) is 0 Å². The van der Waals surface area contributed by atoms with E-state index in [-0.39, 0.29) is 24.5 Å². The van der Waals surface area contributed by atoms with Crippen LogP contribution in [-0.4, -0.2) is 54.5 Å². The number of carbonyl (C=O) groups excluding carboxylic acids is 2. The largest absolute Gasteiger partial charge is 0.481 e. The fraction of sp³-hybridized carbons (Fsp3) is 0.423. The van der Waals surface area contributed by atoms with Crippen molar-refractivity contribution in [2.75, 3.05) is 13.2 Å². The van der Waals surface area contributed by atoms with E-state index in [1.165, 1.54) is 0 Å². The number of fused-ring (bicyclic) bond motifs is 3. The molecule has 1 saturated carbocycles. The monoisotopic (exact) mass is 464 g/mol. The second-order valence-corrected chi connectivity index (χ2v) is 9.21. The lowest BCUT2D eigenvalue weighted by molar-refractivity contribution is -0.141. The molecule has 5 rings (SSSR count). The van der Waals surface area contributed by atoms with Crippen LogP contribution in [0.15, 0.2) is 48.5 Å². The molecule has 2 unspecified atom stereocenters. The van der Waals surface area contributed by atoms with Crippen molar-refractivity contribution >= 4 is 18.0 Å². The Morgan fingerprint density at radius 1 is 0.941 bits per heavy atom. The Balaban J connectivity index is 1.17. The van der Waals surface area contributed by atoms with Crippen LogP contribution in [0, 0.1) is 5.92 Å². The summed E-state index contributed by atoms with van der Waals surface area (Å²) in [5.74, 6) is -1.62. The fourth-order valence-electron chi connectivity index (χ4n) is 5.41. The first-order chi connectivity index (χ1) is 16.5. The third-order valence-corrected chi connectivity index (χ3v) is 7.13. The second-order valence-electron chi connectivity index (χ2n) is 9.21. The molecule has 34 heavy (non-hydrogen) atoms. The van der Waals surface area contributed by atoms with Gasteiger partial charge in [0, 0.05) is 18.6 Å². The molecule has 1 heterocycles. The van der Waals surface area contributed by atoms with Gasteiger partial charge in [0.15, 0.2) is 6.10 Å². The lowest BCUT2D eigenvalue weighted by Gasteiger charge is -2.22. The number of ether oxygens (including phenoxy) is 2. The predicted molar refractivity (Wildman–Crippen MR) is 123 cm³/mol. The number of carbonyl (C=O) groups is 3. The van der Waals surface area contributed by atoms with E-state index in [2.05, 4.69) is 34.9 Å². The van der Waals surface area contributed by atoms with Gasteiger partial charge in [0.05, 0.1) is 12.0 Å². The Kier molecular flexibility index (Phi) is 6.24. The summed E-state index contributed by atoms with van der Waals surface area (Å²) in [4.78, 5) is 36.5. The zero-order chi connectivity index (χ0) is 23.7. The molecule has 2 amide bonds. The van der Waals surface area contributed by atoms with Crippen LogP contribution in [-0.2, 0) is 19.1 Å². The van der Waals surface area contributed by atoms with E-state index in [0.717, 1.165) is 22.3 Å². The summed E-state index contributed by atoms with van der Waals surface area (Å²) in [5, 5.41) is 14.8. The number of aliphatic carboxylic acids is 1. The quantitative estimate of drug-likeness (QED) is 0.606. The third-order valence-electron chi connectivity index (χ3n) is 7.13. The SMILES string of the molecule is O=C(NC1CCOC1C(=O)N[C@@H]1CC[C@H](C(=O)O)C1)OCC1c2ccccc2-c2ccccc21. The molecule has 1 aliphatic heterocycles. The maximum atomic E-state index is 12.7. The number of hydrogen-bond acceptors (Lipinski definition) is 5. The number of amides is 2. The van der Waals surface area contributed by atoms with Crippen LogP contribution in [0.25, 0.3) is 11.1 Å². The standard InChI is InChI=1S/C26H28N2O6/c29-24(27-16-10-9-15(13-16)25(30)31)23-22(11-12-33-23)28-26(32)34-14-21-19-7-3-1-5-17(19)18-6-2-4-8-20(18)21/h1-8,15-16,21-23H,9-14H2,(H,27,29)(H,28,32)(H,30,31)/t15-,16+,22?,23?/m0/s1. The molecule has 8 heteroatoms. The molecule has 0 spiro atoms. The van der Waals surface area contributed by atoms with Crippen molar-refractivity contribution in [3.05, 3.63) is 59.7 Å². The second kappa shape index (κ2) is 9.46. The average molecular weight is 465 g/mol. The first-order valence-corrected chi connectivity index (χ1v) is 11.8. The topological polar surface area (TPSA) is 114 Å². The number of carboxylic acid groups (broad SMARTS) is 1. The lowest BCUT2D eigenvalue weighted by Crippen LogP contribution is -2.50. The Labute approximate surface area is 197 Å². The summed E-state index contributed by atoms with van der Waals surface area (Å²) in [6.07, 6.45) is 0.696. The van der Waals surface area contributed by atoms with Crippen LogP contribution >= 0.6 is 0 Å². The predicted octanol–water partition coefficient (Wildman–Crippen LogP) is 3.05. The van der Waals surface area contributed by atoms with Gasteiger partial charge >= 0.3 is 12.1 Å². The molecule has 3 aliphatic rings. The highest BCUT2D eigenvalue weighted by atomic mass is 16.6.